The van der Waals surface area contributed by atoms with Crippen molar-refractivity contribution in [1.29, 1.82) is 0 Å². The monoisotopic (exact) mass is 567 g/mol. The van der Waals surface area contributed by atoms with Gasteiger partial charge < -0.3 is 14.8 Å². The molecule has 2 rings (SSSR count). The normalized spacial score (nSPS) is 12.8. The summed E-state index contributed by atoms with van der Waals surface area (Å²) in [6, 6.07) is 6.58. The van der Waals surface area contributed by atoms with Crippen molar-refractivity contribution in [3.05, 3.63) is 60.5 Å². The summed E-state index contributed by atoms with van der Waals surface area (Å²) in [7, 11) is 0. The number of ether oxygens (including phenoxy) is 2. The van der Waals surface area contributed by atoms with Crippen LogP contribution in [0.3, 0.4) is 0 Å². The molecule has 1 atom stereocenters. The van der Waals surface area contributed by atoms with E-state index >= 15 is 0 Å². The first-order valence-corrected chi connectivity index (χ1v) is 12.2. The highest BCUT2D eigenvalue weighted by Crippen LogP contribution is 2.48. The molecule has 0 saturated carbocycles. The zero-order chi connectivity index (χ0) is 26.0. The SMILES string of the molecule is CC(C)(C)OC(=O)N[C@@H](Cc1ccc(C(C)(C)C)cc1)C(=O)Oc1c(Cl)c(Cl)c(Cl)c(Cl)c1Cl. The summed E-state index contributed by atoms with van der Waals surface area (Å²) in [5.74, 6) is -1.10. The molecule has 0 unspecified atom stereocenters. The van der Waals surface area contributed by atoms with Crippen LogP contribution in [-0.2, 0) is 21.4 Å². The van der Waals surface area contributed by atoms with Crippen molar-refractivity contribution in [2.45, 2.75) is 65.0 Å². The summed E-state index contributed by atoms with van der Waals surface area (Å²) < 4.78 is 10.7. The topological polar surface area (TPSA) is 64.6 Å². The maximum atomic E-state index is 13.1. The van der Waals surface area contributed by atoms with Crippen molar-refractivity contribution < 1.29 is 19.1 Å². The first-order valence-electron chi connectivity index (χ1n) is 10.3. The van der Waals surface area contributed by atoms with Crippen LogP contribution in [0.25, 0.3) is 0 Å². The molecule has 0 radical (unpaired) electrons. The van der Waals surface area contributed by atoms with Crippen LogP contribution in [0.5, 0.6) is 5.75 Å². The van der Waals surface area contributed by atoms with Crippen LogP contribution in [0, 0.1) is 0 Å². The number of carbonyl (C=O) groups excluding carboxylic acids is 2. The number of halogens is 5. The molecule has 2 aromatic rings. The van der Waals surface area contributed by atoms with Gasteiger partial charge in [0.15, 0.2) is 5.75 Å². The van der Waals surface area contributed by atoms with E-state index in [0.29, 0.717) is 0 Å². The molecule has 0 aliphatic carbocycles. The van der Waals surface area contributed by atoms with E-state index in [2.05, 4.69) is 26.1 Å². The Kier molecular flexibility index (Phi) is 9.45. The third-order valence-corrected chi connectivity index (χ3v) is 6.85. The number of esters is 1. The zero-order valence-electron chi connectivity index (χ0n) is 19.6. The number of benzene rings is 2. The molecule has 0 spiro atoms. The van der Waals surface area contributed by atoms with E-state index in [0.717, 1.165) is 11.1 Å². The largest absolute Gasteiger partial charge is 0.444 e. The van der Waals surface area contributed by atoms with Crippen LogP contribution >= 0.6 is 58.0 Å². The molecule has 0 bridgehead atoms. The van der Waals surface area contributed by atoms with E-state index < -0.39 is 23.7 Å². The van der Waals surface area contributed by atoms with Gasteiger partial charge in [-0.2, -0.15) is 0 Å². The smallest absolute Gasteiger partial charge is 0.408 e. The Labute approximate surface area is 224 Å². The van der Waals surface area contributed by atoms with Gasteiger partial charge in [-0.3, -0.25) is 0 Å². The van der Waals surface area contributed by atoms with E-state index in [1.807, 2.05) is 24.3 Å². The molecular weight excluding hydrogens is 544 g/mol. The fourth-order valence-corrected chi connectivity index (χ4v) is 4.06. The molecule has 10 heteroatoms. The predicted molar refractivity (Wildman–Crippen MR) is 139 cm³/mol. The van der Waals surface area contributed by atoms with Crippen LogP contribution in [0.1, 0.15) is 52.7 Å². The van der Waals surface area contributed by atoms with E-state index in [-0.39, 0.29) is 42.7 Å². The van der Waals surface area contributed by atoms with Gasteiger partial charge in [0.1, 0.15) is 21.7 Å². The second kappa shape index (κ2) is 11.1. The van der Waals surface area contributed by atoms with Crippen LogP contribution in [0.2, 0.25) is 25.1 Å². The molecule has 0 heterocycles. The number of nitrogens with one attached hydrogen (secondary N) is 1. The van der Waals surface area contributed by atoms with Crippen molar-refractivity contribution in [3.63, 3.8) is 0 Å². The summed E-state index contributed by atoms with van der Waals surface area (Å²) in [5, 5.41) is 1.89. The van der Waals surface area contributed by atoms with Crippen molar-refractivity contribution in [2.24, 2.45) is 0 Å². The van der Waals surface area contributed by atoms with Crippen molar-refractivity contribution >= 4 is 70.1 Å². The molecule has 0 aliphatic heterocycles. The average molecular weight is 570 g/mol. The fraction of sp³-hybridized carbons (Fsp3) is 0.417. The third kappa shape index (κ3) is 7.56. The van der Waals surface area contributed by atoms with Crippen LogP contribution < -0.4 is 10.1 Å². The Balaban J connectivity index is 2.36. The second-order valence-electron chi connectivity index (χ2n) is 9.67. The summed E-state index contributed by atoms with van der Waals surface area (Å²) in [6.07, 6.45) is -0.669. The van der Waals surface area contributed by atoms with E-state index in [9.17, 15) is 9.59 Å². The number of rotatable bonds is 5. The van der Waals surface area contributed by atoms with Crippen molar-refractivity contribution in [1.82, 2.24) is 5.32 Å². The van der Waals surface area contributed by atoms with E-state index in [1.165, 1.54) is 0 Å². The molecule has 186 valence electrons. The number of alkyl carbamates (subject to hydrolysis) is 1. The number of hydrogen-bond acceptors (Lipinski definition) is 4. The van der Waals surface area contributed by atoms with Gasteiger partial charge in [-0.25, -0.2) is 9.59 Å². The maximum Gasteiger partial charge on any atom is 0.408 e. The van der Waals surface area contributed by atoms with Crippen LogP contribution in [0.4, 0.5) is 4.79 Å². The number of amides is 1. The lowest BCUT2D eigenvalue weighted by Gasteiger charge is -2.24. The first-order chi connectivity index (χ1) is 15.5. The molecule has 0 aliphatic rings. The lowest BCUT2D eigenvalue weighted by atomic mass is 9.86. The molecule has 5 nitrogen and oxygen atoms in total. The van der Waals surface area contributed by atoms with Gasteiger partial charge in [0.25, 0.3) is 0 Å². The Morgan fingerprint density at radius 1 is 0.824 bits per heavy atom. The standard InChI is InChI=1S/C24H26Cl5NO4/c1-23(2,3)13-9-7-12(8-10-13)11-14(30-22(32)34-24(4,5)6)21(31)33-20-18(28)16(26)15(25)17(27)19(20)29/h7-10,14H,11H2,1-6H3,(H,30,32)/t14-/m0/s1. The summed E-state index contributed by atoms with van der Waals surface area (Å²) in [5.41, 5.74) is 1.11. The Morgan fingerprint density at radius 3 is 1.74 bits per heavy atom. The minimum atomic E-state index is -1.13. The quantitative estimate of drug-likeness (QED) is 0.170. The van der Waals surface area contributed by atoms with Crippen LogP contribution in [0.15, 0.2) is 24.3 Å². The number of hydrogen-bond donors (Lipinski definition) is 1. The fourth-order valence-electron chi connectivity index (χ4n) is 2.87. The third-order valence-electron chi connectivity index (χ3n) is 4.61. The highest BCUT2D eigenvalue weighted by molar-refractivity contribution is 6.55. The lowest BCUT2D eigenvalue weighted by molar-refractivity contribution is -0.136. The Bertz CT molecular complexity index is 1040. The molecule has 0 saturated heterocycles. The summed E-state index contributed by atoms with van der Waals surface area (Å²) in [6.45, 7) is 11.4. The molecule has 0 aromatic heterocycles. The van der Waals surface area contributed by atoms with Gasteiger partial charge in [0.2, 0.25) is 0 Å². The summed E-state index contributed by atoms with van der Waals surface area (Å²) in [4.78, 5) is 25.6. The number of carbonyl (C=O) groups is 2. The van der Waals surface area contributed by atoms with Gasteiger partial charge >= 0.3 is 12.1 Å². The Morgan fingerprint density at radius 2 is 1.29 bits per heavy atom. The zero-order valence-corrected chi connectivity index (χ0v) is 23.4. The highest BCUT2D eigenvalue weighted by Gasteiger charge is 2.29. The highest BCUT2D eigenvalue weighted by atomic mass is 35.5. The lowest BCUT2D eigenvalue weighted by Crippen LogP contribution is -2.46. The van der Waals surface area contributed by atoms with Gasteiger partial charge in [-0.1, -0.05) is 103 Å². The van der Waals surface area contributed by atoms with Crippen molar-refractivity contribution in [2.75, 3.05) is 0 Å². The van der Waals surface area contributed by atoms with Gasteiger partial charge in [-0.05, 0) is 37.3 Å². The first kappa shape index (κ1) is 28.9. The predicted octanol–water partition coefficient (Wildman–Crippen LogP) is 8.29. The van der Waals surface area contributed by atoms with Gasteiger partial charge in [0, 0.05) is 6.42 Å². The summed E-state index contributed by atoms with van der Waals surface area (Å²) >= 11 is 30.5. The molecule has 2 aromatic carbocycles. The van der Waals surface area contributed by atoms with Gasteiger partial charge in [-0.15, -0.1) is 0 Å². The molecule has 34 heavy (non-hydrogen) atoms. The second-order valence-corrected chi connectivity index (χ2v) is 11.6. The average Bonchev–Trinajstić information content (AvgIpc) is 2.71. The van der Waals surface area contributed by atoms with E-state index in [1.54, 1.807) is 20.8 Å². The maximum absolute atomic E-state index is 13.1. The molecule has 1 amide bonds. The van der Waals surface area contributed by atoms with Crippen LogP contribution in [-0.4, -0.2) is 23.7 Å². The minimum absolute atomic E-state index is 0.0355. The van der Waals surface area contributed by atoms with Crippen molar-refractivity contribution in [3.8, 4) is 5.75 Å². The Hall–Kier alpha value is -1.37. The van der Waals surface area contributed by atoms with E-state index in [4.69, 9.17) is 67.5 Å². The molecule has 1 N–H and O–H groups in total. The molecular formula is C24H26Cl5NO4. The minimum Gasteiger partial charge on any atom is -0.444 e. The van der Waals surface area contributed by atoms with Gasteiger partial charge in [0.05, 0.1) is 15.1 Å². The molecule has 0 fully saturated rings.